The first-order valence-electron chi connectivity index (χ1n) is 12.2. The Bertz CT molecular complexity index is 707. The van der Waals surface area contributed by atoms with Crippen LogP contribution in [-0.4, -0.2) is 84.1 Å². The van der Waals surface area contributed by atoms with Gasteiger partial charge in [0.15, 0.2) is 5.16 Å². The first-order chi connectivity index (χ1) is 16.7. The van der Waals surface area contributed by atoms with E-state index in [-0.39, 0.29) is 10.3 Å². The summed E-state index contributed by atoms with van der Waals surface area (Å²) in [6.07, 6.45) is 4.02. The smallest absolute Gasteiger partial charge is 0.327 e. The van der Waals surface area contributed by atoms with Crippen molar-refractivity contribution >= 4 is 68.1 Å². The minimum Gasteiger partial charge on any atom is -0.327 e. The molecule has 1 saturated heterocycles. The van der Waals surface area contributed by atoms with E-state index in [0.29, 0.717) is 26.4 Å². The summed E-state index contributed by atoms with van der Waals surface area (Å²) in [7, 11) is -3.35. The van der Waals surface area contributed by atoms with Crippen molar-refractivity contribution in [3.8, 4) is 0 Å². The Hall–Kier alpha value is 1.80. The molecule has 2 unspecified atom stereocenters. The fraction of sp³-hybridized carbons (Fsp3) is 1.00. The second kappa shape index (κ2) is 19.8. The van der Waals surface area contributed by atoms with E-state index < -0.39 is 28.1 Å². The van der Waals surface area contributed by atoms with Crippen LogP contribution in [0.25, 0.3) is 0 Å². The van der Waals surface area contributed by atoms with Gasteiger partial charge in [-0.1, -0.05) is 42.4 Å². The van der Waals surface area contributed by atoms with E-state index in [1.54, 1.807) is 51.8 Å². The lowest BCUT2D eigenvalue weighted by molar-refractivity contribution is 0.206. The third-order valence-corrected chi connectivity index (χ3v) is 15.4. The molecule has 0 N–H and O–H groups in total. The molecule has 0 spiro atoms. The minimum absolute atomic E-state index is 0.215. The number of hydrogen-bond acceptors (Lipinski definition) is 11. The van der Waals surface area contributed by atoms with Gasteiger partial charge in [0.2, 0.25) is 7.37 Å². The first kappa shape index (κ1) is 40.9. The maximum absolute atomic E-state index is 12.3. The van der Waals surface area contributed by atoms with Crippen molar-refractivity contribution in [1.82, 2.24) is 0 Å². The highest BCUT2D eigenvalue weighted by molar-refractivity contribution is 8.76. The standard InChI is InChI=1S/C8H17O3PS2.C8H19O2PS.C7H16O2PS/c1-8(2,3)12(9)10-4-6-13-14-7-5-11-12;1-8(2,3)11(4,9)10-6-7-12-5;1-7(2,3)10(8)9-5-6-11-4/h4-7H2,1-3H3;6-7H2,1-5H3;5-6H2,1-4H3/q;;+1. The highest BCUT2D eigenvalue weighted by Crippen LogP contribution is 2.60. The van der Waals surface area contributed by atoms with Crippen molar-refractivity contribution in [3.63, 3.8) is 0 Å². The molecule has 37 heavy (non-hydrogen) atoms. The van der Waals surface area contributed by atoms with Crippen molar-refractivity contribution < 1.29 is 31.8 Å². The monoisotopic (exact) mass is 661 g/mol. The number of hydrogen-bond donors (Lipinski definition) is 0. The Morgan fingerprint density at radius 1 is 0.892 bits per heavy atom. The largest absolute Gasteiger partial charge is 0.513 e. The molecule has 0 saturated carbocycles. The molecule has 1 aliphatic rings. The molecule has 0 aromatic heterocycles. The summed E-state index contributed by atoms with van der Waals surface area (Å²) in [4.78, 5) is 0. The van der Waals surface area contributed by atoms with Gasteiger partial charge >= 0.3 is 15.6 Å². The van der Waals surface area contributed by atoms with Gasteiger partial charge in [-0.2, -0.15) is 23.5 Å². The van der Waals surface area contributed by atoms with Crippen LogP contribution in [0.15, 0.2) is 0 Å². The van der Waals surface area contributed by atoms with E-state index in [9.17, 15) is 13.7 Å². The zero-order valence-corrected chi connectivity index (χ0v) is 30.9. The molecule has 0 aromatic rings. The van der Waals surface area contributed by atoms with E-state index in [4.69, 9.17) is 18.1 Å². The maximum atomic E-state index is 12.3. The molecule has 2 atom stereocenters. The van der Waals surface area contributed by atoms with E-state index in [1.165, 1.54) is 0 Å². The molecule has 0 aromatic carbocycles. The summed E-state index contributed by atoms with van der Waals surface area (Å²) < 4.78 is 56.8. The average molecular weight is 662 g/mol. The first-order valence-corrected chi connectivity index (χ1v) is 22.3. The van der Waals surface area contributed by atoms with Gasteiger partial charge in [0, 0.05) is 34.8 Å². The lowest BCUT2D eigenvalue weighted by Gasteiger charge is -2.29. The molecule has 1 fully saturated rings. The minimum atomic E-state index is -2.92. The van der Waals surface area contributed by atoms with Crippen molar-refractivity contribution in [2.75, 3.05) is 68.6 Å². The van der Waals surface area contributed by atoms with Crippen molar-refractivity contribution in [3.05, 3.63) is 0 Å². The topological polar surface area (TPSA) is 88.1 Å². The van der Waals surface area contributed by atoms with Crippen LogP contribution >= 0.6 is 68.1 Å². The van der Waals surface area contributed by atoms with Gasteiger partial charge < -0.3 is 13.6 Å². The molecule has 0 aliphatic carbocycles. The molecule has 7 nitrogen and oxygen atoms in total. The zero-order valence-electron chi connectivity index (χ0n) is 25.0. The quantitative estimate of drug-likeness (QED) is 0.142. The maximum Gasteiger partial charge on any atom is 0.513 e. The van der Waals surface area contributed by atoms with Crippen LogP contribution in [0.5, 0.6) is 0 Å². The third kappa shape index (κ3) is 19.5. The fourth-order valence-electron chi connectivity index (χ4n) is 1.81. The SMILES string of the molecule is CC(C)(C)P1(=O)OCCSSCCO1.CSCCOP(C)(=O)C(C)(C)C.CSCCO[P+](=O)C(C)(C)C. The molecule has 1 heterocycles. The van der Waals surface area contributed by atoms with Gasteiger partial charge in [-0.3, -0.25) is 9.13 Å². The molecule has 0 amide bonds. The predicted molar refractivity (Wildman–Crippen MR) is 173 cm³/mol. The predicted octanol–water partition coefficient (Wildman–Crippen LogP) is 9.39. The van der Waals surface area contributed by atoms with Crippen LogP contribution in [0.2, 0.25) is 0 Å². The molecule has 224 valence electrons. The molecular formula is C23H52O7P3S4+. The molecule has 1 rings (SSSR count). The van der Waals surface area contributed by atoms with Crippen LogP contribution < -0.4 is 0 Å². The summed E-state index contributed by atoms with van der Waals surface area (Å²) >= 11 is 3.41. The van der Waals surface area contributed by atoms with Gasteiger partial charge in [-0.05, 0) is 58.6 Å². The lowest BCUT2D eigenvalue weighted by atomic mass is 10.3. The average Bonchev–Trinajstić information content (AvgIpc) is 2.85. The van der Waals surface area contributed by atoms with Crippen molar-refractivity contribution in [1.29, 1.82) is 0 Å². The second-order valence-electron chi connectivity index (χ2n) is 11.1. The lowest BCUT2D eigenvalue weighted by Crippen LogP contribution is -2.19. The molecule has 14 heteroatoms. The Morgan fingerprint density at radius 3 is 1.68 bits per heavy atom. The fourth-order valence-corrected chi connectivity index (χ4v) is 7.44. The summed E-state index contributed by atoms with van der Waals surface area (Å²) in [5, 5.41) is -0.869. The van der Waals surface area contributed by atoms with E-state index in [0.717, 1.165) is 23.0 Å². The normalized spacial score (nSPS) is 19.0. The van der Waals surface area contributed by atoms with Gasteiger partial charge in [0.25, 0.3) is 0 Å². The molecular weight excluding hydrogens is 609 g/mol. The van der Waals surface area contributed by atoms with Crippen molar-refractivity contribution in [2.45, 2.75) is 77.8 Å². The van der Waals surface area contributed by atoms with Gasteiger partial charge in [-0.15, -0.1) is 4.52 Å². The molecule has 1 aliphatic heterocycles. The van der Waals surface area contributed by atoms with Gasteiger partial charge in [-0.25, -0.2) is 0 Å². The van der Waals surface area contributed by atoms with Crippen LogP contribution in [0.1, 0.15) is 62.3 Å². The van der Waals surface area contributed by atoms with Gasteiger partial charge in [0.1, 0.15) is 6.61 Å². The van der Waals surface area contributed by atoms with Crippen LogP contribution in [-0.2, 0) is 31.8 Å². The van der Waals surface area contributed by atoms with Gasteiger partial charge in [0.05, 0.1) is 25.0 Å². The highest BCUT2D eigenvalue weighted by atomic mass is 33.1. The van der Waals surface area contributed by atoms with Crippen molar-refractivity contribution in [2.24, 2.45) is 0 Å². The summed E-state index contributed by atoms with van der Waals surface area (Å²) in [5.41, 5.74) is 0. The van der Waals surface area contributed by atoms with Crippen LogP contribution in [0, 0.1) is 0 Å². The Labute approximate surface area is 245 Å². The van der Waals surface area contributed by atoms with Crippen LogP contribution in [0.4, 0.5) is 0 Å². The van der Waals surface area contributed by atoms with E-state index >= 15 is 0 Å². The Balaban J connectivity index is 0. The van der Waals surface area contributed by atoms with Crippen LogP contribution in [0.3, 0.4) is 0 Å². The zero-order chi connectivity index (χ0) is 29.4. The molecule has 0 radical (unpaired) electrons. The Kier molecular flexibility index (Phi) is 21.9. The van der Waals surface area contributed by atoms with E-state index in [2.05, 4.69) is 0 Å². The molecule has 0 bridgehead atoms. The summed E-state index contributed by atoms with van der Waals surface area (Å²) in [5.74, 6) is 3.56. The van der Waals surface area contributed by atoms with E-state index in [1.807, 2.05) is 74.8 Å². The Morgan fingerprint density at radius 2 is 1.32 bits per heavy atom. The number of rotatable bonds is 8. The number of thioether (sulfide) groups is 2. The summed E-state index contributed by atoms with van der Waals surface area (Å²) in [6, 6.07) is 0. The summed E-state index contributed by atoms with van der Waals surface area (Å²) in [6.45, 7) is 21.2. The highest BCUT2D eigenvalue weighted by Gasteiger charge is 2.40. The second-order valence-corrected chi connectivity index (χ2v) is 24.0. The third-order valence-electron chi connectivity index (χ3n) is 4.65.